The van der Waals surface area contributed by atoms with Gasteiger partial charge in [-0.25, -0.2) is 23.6 Å². The maximum atomic E-state index is 13.8. The van der Waals surface area contributed by atoms with Crippen molar-refractivity contribution in [2.75, 3.05) is 36.7 Å². The number of esters is 1. The van der Waals surface area contributed by atoms with Crippen LogP contribution in [0, 0.1) is 0 Å². The zero-order valence-electron chi connectivity index (χ0n) is 22.6. The van der Waals surface area contributed by atoms with E-state index in [1.54, 1.807) is 22.0 Å². The number of ether oxygens (including phenoxy) is 1. The Morgan fingerprint density at radius 3 is 2.44 bits per heavy atom. The number of alkyl halides is 2. The zero-order valence-corrected chi connectivity index (χ0v) is 23.3. The fraction of sp³-hybridized carbons (Fsp3) is 0.345. The smallest absolute Gasteiger partial charge is 0.328 e. The van der Waals surface area contributed by atoms with E-state index >= 15 is 0 Å². The maximum Gasteiger partial charge on any atom is 0.328 e. The molecule has 0 radical (unpaired) electrons. The molecule has 0 aliphatic carbocycles. The van der Waals surface area contributed by atoms with Crippen LogP contribution >= 0.6 is 11.6 Å². The number of carbonyl (C=O) groups is 2. The van der Waals surface area contributed by atoms with Crippen LogP contribution in [0.4, 0.5) is 20.5 Å². The number of benzene rings is 2. The first kappa shape index (κ1) is 28.4. The van der Waals surface area contributed by atoms with Crippen LogP contribution in [0.25, 0.3) is 0 Å². The van der Waals surface area contributed by atoms with E-state index < -0.39 is 23.8 Å². The third kappa shape index (κ3) is 6.30. The van der Waals surface area contributed by atoms with E-state index in [2.05, 4.69) is 15.3 Å². The van der Waals surface area contributed by atoms with Crippen molar-refractivity contribution >= 4 is 41.0 Å². The molecule has 1 amide bonds. The van der Waals surface area contributed by atoms with Gasteiger partial charge in [-0.2, -0.15) is 10.1 Å². The summed E-state index contributed by atoms with van der Waals surface area (Å²) in [6.07, 6.45) is 0.712. The number of amides is 1. The SMILES string of the molecule is COC(=O)[C@H](C)NC(=O)c1cnc(N2CCC(F)(F)CC2)nc1N1CC(c2ccccc2)C(c2ccc(Cl)cc2)=N1. The number of halogens is 3. The molecule has 12 heteroatoms. The van der Waals surface area contributed by atoms with E-state index in [1.807, 2.05) is 42.5 Å². The molecule has 5 rings (SSSR count). The third-order valence-electron chi connectivity index (χ3n) is 7.18. The highest BCUT2D eigenvalue weighted by Gasteiger charge is 2.37. The summed E-state index contributed by atoms with van der Waals surface area (Å²) in [5.41, 5.74) is 2.70. The number of nitrogens with one attached hydrogen (secondary N) is 1. The summed E-state index contributed by atoms with van der Waals surface area (Å²) in [5, 5.41) is 9.74. The summed E-state index contributed by atoms with van der Waals surface area (Å²) in [6.45, 7) is 2.00. The highest BCUT2D eigenvalue weighted by molar-refractivity contribution is 6.30. The Hall–Kier alpha value is -4.12. The molecule has 9 nitrogen and oxygen atoms in total. The van der Waals surface area contributed by atoms with Gasteiger partial charge >= 0.3 is 5.97 Å². The fourth-order valence-electron chi connectivity index (χ4n) is 4.88. The van der Waals surface area contributed by atoms with Crippen molar-refractivity contribution in [2.24, 2.45) is 5.10 Å². The van der Waals surface area contributed by atoms with Gasteiger partial charge in [-0.15, -0.1) is 0 Å². The van der Waals surface area contributed by atoms with Gasteiger partial charge in [-0.3, -0.25) is 4.79 Å². The summed E-state index contributed by atoms with van der Waals surface area (Å²) >= 11 is 6.14. The highest BCUT2D eigenvalue weighted by Crippen LogP contribution is 2.35. The van der Waals surface area contributed by atoms with Crippen molar-refractivity contribution in [3.63, 3.8) is 0 Å². The molecule has 0 spiro atoms. The number of piperidine rings is 1. The van der Waals surface area contributed by atoms with Gasteiger partial charge in [-0.1, -0.05) is 54.1 Å². The van der Waals surface area contributed by atoms with Crippen molar-refractivity contribution in [1.82, 2.24) is 15.3 Å². The molecule has 3 heterocycles. The van der Waals surface area contributed by atoms with Crippen LogP contribution in [0.5, 0.6) is 0 Å². The predicted molar refractivity (Wildman–Crippen MR) is 152 cm³/mol. The van der Waals surface area contributed by atoms with E-state index in [1.165, 1.54) is 20.2 Å². The molecule has 2 aliphatic rings. The average molecular weight is 583 g/mol. The molecule has 1 saturated heterocycles. The Kier molecular flexibility index (Phi) is 8.16. The van der Waals surface area contributed by atoms with Crippen LogP contribution in [-0.4, -0.2) is 66.3 Å². The molecule has 1 unspecified atom stereocenters. The van der Waals surface area contributed by atoms with Crippen molar-refractivity contribution in [3.05, 3.63) is 82.5 Å². The van der Waals surface area contributed by atoms with Gasteiger partial charge in [0, 0.05) is 43.1 Å². The number of rotatable bonds is 7. The standard InChI is InChI=1S/C29H29ClF2N6O3/c1-18(27(40)41-2)34-26(39)22-16-33-28(37-14-12-29(31,32)13-15-37)35-25(22)38-17-23(19-6-4-3-5-7-19)24(36-38)20-8-10-21(30)11-9-20/h3-11,16,18,23H,12-15,17H2,1-2H3,(H,34,39)/t18-,23?/m0/s1. The van der Waals surface area contributed by atoms with Crippen molar-refractivity contribution in [2.45, 2.75) is 37.6 Å². The number of methoxy groups -OCH3 is 1. The van der Waals surface area contributed by atoms with Crippen LogP contribution in [0.15, 0.2) is 65.9 Å². The number of hydrazone groups is 1. The number of aromatic nitrogens is 2. The van der Waals surface area contributed by atoms with Gasteiger partial charge in [0.25, 0.3) is 11.8 Å². The Bertz CT molecular complexity index is 1440. The summed E-state index contributed by atoms with van der Waals surface area (Å²) in [5.74, 6) is -3.69. The quantitative estimate of drug-likeness (QED) is 0.404. The molecule has 1 N–H and O–H groups in total. The molecule has 214 valence electrons. The van der Waals surface area contributed by atoms with Gasteiger partial charge in [-0.05, 0) is 30.2 Å². The van der Waals surface area contributed by atoms with Crippen LogP contribution in [-0.2, 0) is 9.53 Å². The van der Waals surface area contributed by atoms with E-state index in [4.69, 9.17) is 21.4 Å². The molecule has 1 aromatic heterocycles. The lowest BCUT2D eigenvalue weighted by molar-refractivity contribution is -0.142. The first-order valence-electron chi connectivity index (χ1n) is 13.2. The fourth-order valence-corrected chi connectivity index (χ4v) is 5.01. The minimum atomic E-state index is -2.74. The first-order valence-corrected chi connectivity index (χ1v) is 13.6. The second kappa shape index (κ2) is 11.8. The summed E-state index contributed by atoms with van der Waals surface area (Å²) in [4.78, 5) is 36.0. The van der Waals surface area contributed by atoms with E-state index in [0.717, 1.165) is 16.8 Å². The van der Waals surface area contributed by atoms with Crippen molar-refractivity contribution < 1.29 is 23.1 Å². The Morgan fingerprint density at radius 1 is 1.10 bits per heavy atom. The topological polar surface area (TPSA) is 100 Å². The van der Waals surface area contributed by atoms with Crippen molar-refractivity contribution in [3.8, 4) is 0 Å². The van der Waals surface area contributed by atoms with Crippen molar-refractivity contribution in [1.29, 1.82) is 0 Å². The van der Waals surface area contributed by atoms with Gasteiger partial charge in [0.2, 0.25) is 5.95 Å². The normalized spacial score (nSPS) is 19.0. The monoisotopic (exact) mass is 582 g/mol. The number of carbonyl (C=O) groups excluding carboxylic acids is 2. The molecular weight excluding hydrogens is 554 g/mol. The van der Waals surface area contributed by atoms with Crippen LogP contribution in [0.3, 0.4) is 0 Å². The molecule has 2 aliphatic heterocycles. The minimum Gasteiger partial charge on any atom is -0.467 e. The van der Waals surface area contributed by atoms with E-state index in [0.29, 0.717) is 11.6 Å². The largest absolute Gasteiger partial charge is 0.467 e. The minimum absolute atomic E-state index is 0.0727. The maximum absolute atomic E-state index is 13.8. The molecule has 0 saturated carbocycles. The molecular formula is C29H29ClF2N6O3. The van der Waals surface area contributed by atoms with Gasteiger partial charge in [0.15, 0.2) is 5.82 Å². The Labute approximate surface area is 241 Å². The van der Waals surface area contributed by atoms with Gasteiger partial charge in [0.1, 0.15) is 11.6 Å². The number of hydrogen-bond donors (Lipinski definition) is 1. The van der Waals surface area contributed by atoms with Gasteiger partial charge in [0.05, 0.1) is 19.4 Å². The second-order valence-corrected chi connectivity index (χ2v) is 10.4. The van der Waals surface area contributed by atoms with Crippen LogP contribution in [0.1, 0.15) is 47.2 Å². The molecule has 41 heavy (non-hydrogen) atoms. The lowest BCUT2D eigenvalue weighted by Gasteiger charge is -2.32. The highest BCUT2D eigenvalue weighted by atomic mass is 35.5. The summed E-state index contributed by atoms with van der Waals surface area (Å²) in [7, 11) is 1.23. The van der Waals surface area contributed by atoms with E-state index in [-0.39, 0.29) is 49.2 Å². The number of hydrogen-bond acceptors (Lipinski definition) is 8. The molecule has 2 aromatic carbocycles. The first-order chi connectivity index (χ1) is 19.6. The average Bonchev–Trinajstić information content (AvgIpc) is 3.42. The summed E-state index contributed by atoms with van der Waals surface area (Å²) < 4.78 is 32.4. The Morgan fingerprint density at radius 2 is 1.78 bits per heavy atom. The van der Waals surface area contributed by atoms with Crippen LogP contribution < -0.4 is 15.2 Å². The van der Waals surface area contributed by atoms with Gasteiger partial charge < -0.3 is 15.0 Å². The lowest BCUT2D eigenvalue weighted by Crippen LogP contribution is -2.41. The summed E-state index contributed by atoms with van der Waals surface area (Å²) in [6, 6.07) is 16.2. The van der Waals surface area contributed by atoms with E-state index in [9.17, 15) is 18.4 Å². The number of nitrogens with zero attached hydrogens (tertiary/aromatic N) is 5. The molecule has 1 fully saturated rings. The molecule has 3 aromatic rings. The second-order valence-electron chi connectivity index (χ2n) is 10.0. The molecule has 0 bridgehead atoms. The third-order valence-corrected chi connectivity index (χ3v) is 7.43. The zero-order chi connectivity index (χ0) is 29.1. The lowest BCUT2D eigenvalue weighted by atomic mass is 9.90. The number of anilines is 2. The van der Waals surface area contributed by atoms with Crippen LogP contribution in [0.2, 0.25) is 5.02 Å². The predicted octanol–water partition coefficient (Wildman–Crippen LogP) is 4.66. The molecule has 2 atom stereocenters. The Balaban J connectivity index is 1.56.